The molecule has 0 aromatic heterocycles. The van der Waals surface area contributed by atoms with E-state index in [2.05, 4.69) is 9.62 Å². The molecule has 2 rings (SSSR count). The third-order valence-corrected chi connectivity index (χ3v) is 4.63. The highest BCUT2D eigenvalue weighted by atomic mass is 32.2. The Labute approximate surface area is 115 Å². The molecule has 0 aromatic carbocycles. The van der Waals surface area contributed by atoms with Gasteiger partial charge < -0.3 is 4.90 Å². The molecule has 2 saturated carbocycles. The molecule has 19 heavy (non-hydrogen) atoms. The van der Waals surface area contributed by atoms with Crippen molar-refractivity contribution in [3.05, 3.63) is 0 Å². The third kappa shape index (κ3) is 4.76. The molecular formula is C13H24N2O3S. The lowest BCUT2D eigenvalue weighted by molar-refractivity contribution is -0.134. The smallest absolute Gasteiger partial charge is 0.224 e. The van der Waals surface area contributed by atoms with Gasteiger partial charge in [-0.05, 0) is 25.7 Å². The maximum atomic E-state index is 12.3. The number of sulfonamides is 1. The van der Waals surface area contributed by atoms with Crippen LogP contribution >= 0.6 is 0 Å². The Kier molecular flexibility index (Phi) is 4.84. The fraction of sp³-hybridized carbons (Fsp3) is 0.923. The molecule has 0 bridgehead atoms. The van der Waals surface area contributed by atoms with Crippen LogP contribution in [0.4, 0.5) is 0 Å². The van der Waals surface area contributed by atoms with Crippen molar-refractivity contribution in [3.63, 3.8) is 0 Å². The Hall–Kier alpha value is -0.620. The number of hydrogen-bond donors (Lipinski definition) is 1. The van der Waals surface area contributed by atoms with Crippen molar-refractivity contribution in [3.8, 4) is 0 Å². The van der Waals surface area contributed by atoms with Crippen LogP contribution in [0.25, 0.3) is 0 Å². The van der Waals surface area contributed by atoms with Gasteiger partial charge in [0.25, 0.3) is 0 Å². The average molecular weight is 288 g/mol. The van der Waals surface area contributed by atoms with E-state index in [4.69, 9.17) is 0 Å². The van der Waals surface area contributed by atoms with E-state index in [-0.39, 0.29) is 18.9 Å². The fourth-order valence-corrected chi connectivity index (χ4v) is 3.36. The number of carbonyl (C=O) groups is 1. The van der Waals surface area contributed by atoms with Crippen LogP contribution in [0, 0.1) is 0 Å². The third-order valence-electron chi connectivity index (χ3n) is 3.90. The summed E-state index contributed by atoms with van der Waals surface area (Å²) < 4.78 is 24.4. The van der Waals surface area contributed by atoms with E-state index in [0.717, 1.165) is 31.9 Å². The molecule has 6 heteroatoms. The molecule has 110 valence electrons. The normalized spacial score (nSPS) is 21.3. The second kappa shape index (κ2) is 6.22. The molecule has 0 unspecified atom stereocenters. The molecule has 1 N–H and O–H groups in total. The lowest BCUT2D eigenvalue weighted by Gasteiger charge is -2.34. The van der Waals surface area contributed by atoms with Crippen molar-refractivity contribution in [2.24, 2.45) is 0 Å². The summed E-state index contributed by atoms with van der Waals surface area (Å²) in [6, 6.07) is 0.820. The average Bonchev–Trinajstić information content (AvgIpc) is 3.13. The highest BCUT2D eigenvalue weighted by molar-refractivity contribution is 7.88. The van der Waals surface area contributed by atoms with Crippen LogP contribution < -0.4 is 4.72 Å². The van der Waals surface area contributed by atoms with Crippen molar-refractivity contribution in [1.29, 1.82) is 0 Å². The molecule has 0 saturated heterocycles. The van der Waals surface area contributed by atoms with Crippen LogP contribution in [0.1, 0.15) is 51.4 Å². The Morgan fingerprint density at radius 1 is 1.11 bits per heavy atom. The van der Waals surface area contributed by atoms with Gasteiger partial charge in [-0.2, -0.15) is 0 Å². The molecule has 2 fully saturated rings. The number of rotatable bonds is 6. The molecule has 0 heterocycles. The first-order valence-corrected chi connectivity index (χ1v) is 9.12. The molecule has 2 aliphatic rings. The fourth-order valence-electron chi connectivity index (χ4n) is 2.89. The monoisotopic (exact) mass is 288 g/mol. The number of amides is 1. The molecule has 5 nitrogen and oxygen atoms in total. The number of nitrogens with one attached hydrogen (secondary N) is 1. The zero-order chi connectivity index (χ0) is 13.9. The largest absolute Gasteiger partial charge is 0.337 e. The van der Waals surface area contributed by atoms with Gasteiger partial charge in [0.15, 0.2) is 0 Å². The second-order valence-corrected chi connectivity index (χ2v) is 7.57. The standard InChI is InChI=1S/C13H24N2O3S/c1-19(17,18)14-10-9-13(16)15(12-7-8-12)11-5-3-2-4-6-11/h11-12,14H,2-10H2,1H3. The van der Waals surface area contributed by atoms with Gasteiger partial charge in [0, 0.05) is 25.0 Å². The van der Waals surface area contributed by atoms with Crippen LogP contribution in [0.15, 0.2) is 0 Å². The minimum absolute atomic E-state index is 0.116. The van der Waals surface area contributed by atoms with Gasteiger partial charge in [-0.15, -0.1) is 0 Å². The van der Waals surface area contributed by atoms with Crippen molar-refractivity contribution in [2.45, 2.75) is 63.5 Å². The Bertz CT molecular complexity index is 412. The van der Waals surface area contributed by atoms with Gasteiger partial charge in [0.1, 0.15) is 0 Å². The summed E-state index contributed by atoms with van der Waals surface area (Å²) in [7, 11) is -3.20. The first-order chi connectivity index (χ1) is 8.97. The topological polar surface area (TPSA) is 66.5 Å². The summed E-state index contributed by atoms with van der Waals surface area (Å²) in [6.45, 7) is 0.216. The Morgan fingerprint density at radius 2 is 1.68 bits per heavy atom. The molecule has 0 radical (unpaired) electrons. The minimum Gasteiger partial charge on any atom is -0.337 e. The SMILES string of the molecule is CS(=O)(=O)NCCC(=O)N(C1CCCCC1)C1CC1. The highest BCUT2D eigenvalue weighted by Gasteiger charge is 2.37. The second-order valence-electron chi connectivity index (χ2n) is 5.74. The highest BCUT2D eigenvalue weighted by Crippen LogP contribution is 2.34. The molecule has 0 aliphatic heterocycles. The molecule has 0 aromatic rings. The van der Waals surface area contributed by atoms with Gasteiger partial charge >= 0.3 is 0 Å². The summed E-state index contributed by atoms with van der Waals surface area (Å²) in [6.07, 6.45) is 9.55. The van der Waals surface area contributed by atoms with E-state index < -0.39 is 10.0 Å². The van der Waals surface area contributed by atoms with Crippen molar-refractivity contribution in [1.82, 2.24) is 9.62 Å². The van der Waals surface area contributed by atoms with Gasteiger partial charge in [-0.3, -0.25) is 4.79 Å². The zero-order valence-electron chi connectivity index (χ0n) is 11.6. The first kappa shape index (κ1) is 14.8. The molecule has 1 amide bonds. The van der Waals surface area contributed by atoms with Crippen molar-refractivity contribution in [2.75, 3.05) is 12.8 Å². The van der Waals surface area contributed by atoms with Crippen molar-refractivity contribution < 1.29 is 13.2 Å². The van der Waals surface area contributed by atoms with Gasteiger partial charge in [-0.25, -0.2) is 13.1 Å². The Morgan fingerprint density at radius 3 is 2.21 bits per heavy atom. The molecule has 2 aliphatic carbocycles. The predicted octanol–water partition coefficient (Wildman–Crippen LogP) is 1.25. The zero-order valence-corrected chi connectivity index (χ0v) is 12.4. The van der Waals surface area contributed by atoms with Crippen LogP contribution in [0.2, 0.25) is 0 Å². The first-order valence-electron chi connectivity index (χ1n) is 7.23. The van der Waals surface area contributed by atoms with Crippen molar-refractivity contribution >= 4 is 15.9 Å². The van der Waals surface area contributed by atoms with Crippen LogP contribution in [0.5, 0.6) is 0 Å². The van der Waals surface area contributed by atoms with E-state index in [0.29, 0.717) is 12.1 Å². The molecule has 0 atom stereocenters. The van der Waals surface area contributed by atoms with Gasteiger partial charge in [0.2, 0.25) is 15.9 Å². The summed E-state index contributed by atoms with van der Waals surface area (Å²) in [4.78, 5) is 14.4. The van der Waals surface area contributed by atoms with Crippen LogP contribution in [-0.2, 0) is 14.8 Å². The van der Waals surface area contributed by atoms with E-state index >= 15 is 0 Å². The Balaban J connectivity index is 1.86. The van der Waals surface area contributed by atoms with E-state index in [1.54, 1.807) is 0 Å². The lowest BCUT2D eigenvalue weighted by Crippen LogP contribution is -2.44. The quantitative estimate of drug-likeness (QED) is 0.800. The number of hydrogen-bond acceptors (Lipinski definition) is 3. The summed E-state index contributed by atoms with van der Waals surface area (Å²) in [5.41, 5.74) is 0. The summed E-state index contributed by atoms with van der Waals surface area (Å²) >= 11 is 0. The summed E-state index contributed by atoms with van der Waals surface area (Å²) in [5, 5.41) is 0. The summed E-state index contributed by atoms with van der Waals surface area (Å²) in [5.74, 6) is 0.116. The molecule has 0 spiro atoms. The number of carbonyl (C=O) groups excluding carboxylic acids is 1. The lowest BCUT2D eigenvalue weighted by atomic mass is 9.94. The number of nitrogens with zero attached hydrogens (tertiary/aromatic N) is 1. The van der Waals surface area contributed by atoms with E-state index in [1.807, 2.05) is 0 Å². The maximum Gasteiger partial charge on any atom is 0.224 e. The van der Waals surface area contributed by atoms with Gasteiger partial charge in [0.05, 0.1) is 6.26 Å². The van der Waals surface area contributed by atoms with Gasteiger partial charge in [-0.1, -0.05) is 19.3 Å². The predicted molar refractivity (Wildman–Crippen MR) is 74.2 cm³/mol. The molecular weight excluding hydrogens is 264 g/mol. The van der Waals surface area contributed by atoms with E-state index in [1.165, 1.54) is 19.3 Å². The van der Waals surface area contributed by atoms with Crippen LogP contribution in [0.3, 0.4) is 0 Å². The maximum absolute atomic E-state index is 12.3. The van der Waals surface area contributed by atoms with E-state index in [9.17, 15) is 13.2 Å². The van der Waals surface area contributed by atoms with Crippen LogP contribution in [-0.4, -0.2) is 44.1 Å². The minimum atomic E-state index is -3.20.